The highest BCUT2D eigenvalue weighted by Crippen LogP contribution is 2.38. The molecule has 0 aromatic rings. The molecule has 19 heavy (non-hydrogen) atoms. The summed E-state index contributed by atoms with van der Waals surface area (Å²) < 4.78 is 6.06. The van der Waals surface area contributed by atoms with Crippen molar-refractivity contribution in [1.82, 2.24) is 5.32 Å². The van der Waals surface area contributed by atoms with E-state index in [1.807, 2.05) is 0 Å². The summed E-state index contributed by atoms with van der Waals surface area (Å²) in [5.74, 6) is -0.519. The molecule has 4 nitrogen and oxygen atoms in total. The topological polar surface area (TPSA) is 58.6 Å². The Labute approximate surface area is 115 Å². The highest BCUT2D eigenvalue weighted by molar-refractivity contribution is 5.70. The molecular formula is C15H27NO3. The fourth-order valence-electron chi connectivity index (χ4n) is 3.78. The van der Waals surface area contributed by atoms with Gasteiger partial charge in [-0.3, -0.25) is 4.79 Å². The fraction of sp³-hybridized carbons (Fsp3) is 0.933. The van der Waals surface area contributed by atoms with Gasteiger partial charge in [0.2, 0.25) is 0 Å². The molecule has 1 saturated carbocycles. The summed E-state index contributed by atoms with van der Waals surface area (Å²) in [4.78, 5) is 11.2. The molecule has 0 radical (unpaired) electrons. The van der Waals surface area contributed by atoms with Crippen molar-refractivity contribution in [3.05, 3.63) is 0 Å². The first-order chi connectivity index (χ1) is 8.71. The molecule has 110 valence electrons. The van der Waals surface area contributed by atoms with Gasteiger partial charge < -0.3 is 15.2 Å². The highest BCUT2D eigenvalue weighted by Gasteiger charge is 2.46. The molecule has 0 bridgehead atoms. The summed E-state index contributed by atoms with van der Waals surface area (Å²) in [7, 11) is 0. The fourth-order valence-corrected chi connectivity index (χ4v) is 3.78. The van der Waals surface area contributed by atoms with Crippen LogP contribution in [0.3, 0.4) is 0 Å². The first kappa shape index (κ1) is 14.8. The van der Waals surface area contributed by atoms with Crippen molar-refractivity contribution >= 4 is 5.97 Å². The van der Waals surface area contributed by atoms with Crippen molar-refractivity contribution in [2.24, 2.45) is 11.8 Å². The largest absolute Gasteiger partial charge is 0.481 e. The second-order valence-corrected chi connectivity index (χ2v) is 7.27. The SMILES string of the molecule is CC1(C)CC(NCC2CCCC2C(=O)O)C(C)(C)O1. The molecule has 0 aromatic heterocycles. The lowest BCUT2D eigenvalue weighted by Crippen LogP contribution is -2.45. The third kappa shape index (κ3) is 3.29. The minimum absolute atomic E-state index is 0.0942. The van der Waals surface area contributed by atoms with Crippen molar-refractivity contribution < 1.29 is 14.6 Å². The average molecular weight is 269 g/mol. The van der Waals surface area contributed by atoms with Crippen LogP contribution in [-0.2, 0) is 9.53 Å². The Morgan fingerprint density at radius 2 is 2.00 bits per heavy atom. The molecule has 2 rings (SSSR count). The molecule has 1 aliphatic carbocycles. The molecule has 0 aromatic carbocycles. The molecule has 0 spiro atoms. The zero-order valence-electron chi connectivity index (χ0n) is 12.5. The zero-order chi connectivity index (χ0) is 14.3. The Morgan fingerprint density at radius 3 is 2.53 bits per heavy atom. The Hall–Kier alpha value is -0.610. The van der Waals surface area contributed by atoms with Crippen LogP contribution in [0.1, 0.15) is 53.4 Å². The monoisotopic (exact) mass is 269 g/mol. The lowest BCUT2D eigenvalue weighted by molar-refractivity contribution is -0.142. The van der Waals surface area contributed by atoms with Crippen molar-refractivity contribution in [1.29, 1.82) is 0 Å². The maximum absolute atomic E-state index is 11.2. The third-order valence-corrected chi connectivity index (χ3v) is 4.68. The Morgan fingerprint density at radius 1 is 1.32 bits per heavy atom. The van der Waals surface area contributed by atoms with Crippen molar-refractivity contribution in [2.45, 2.75) is 70.6 Å². The summed E-state index contributed by atoms with van der Waals surface area (Å²) >= 11 is 0. The molecule has 4 heteroatoms. The van der Waals surface area contributed by atoms with Gasteiger partial charge in [-0.1, -0.05) is 6.42 Å². The Kier molecular flexibility index (Phi) is 3.94. The molecule has 3 unspecified atom stereocenters. The molecule has 2 aliphatic rings. The van der Waals surface area contributed by atoms with Gasteiger partial charge in [0.05, 0.1) is 17.1 Å². The van der Waals surface area contributed by atoms with E-state index in [0.29, 0.717) is 6.04 Å². The summed E-state index contributed by atoms with van der Waals surface area (Å²) in [5.41, 5.74) is -0.274. The summed E-state index contributed by atoms with van der Waals surface area (Å²) in [5, 5.41) is 12.8. The van der Waals surface area contributed by atoms with Crippen LogP contribution >= 0.6 is 0 Å². The first-order valence-electron chi connectivity index (χ1n) is 7.38. The molecule has 1 saturated heterocycles. The van der Waals surface area contributed by atoms with Crippen molar-refractivity contribution in [3.63, 3.8) is 0 Å². The Bertz CT molecular complexity index is 351. The van der Waals surface area contributed by atoms with Crippen LogP contribution in [0.15, 0.2) is 0 Å². The van der Waals surface area contributed by atoms with Gasteiger partial charge in [-0.2, -0.15) is 0 Å². The van der Waals surface area contributed by atoms with E-state index >= 15 is 0 Å². The predicted molar refractivity (Wildman–Crippen MR) is 74.1 cm³/mol. The first-order valence-corrected chi connectivity index (χ1v) is 7.38. The van der Waals surface area contributed by atoms with Crippen LogP contribution < -0.4 is 5.32 Å². The maximum Gasteiger partial charge on any atom is 0.306 e. The molecule has 0 amide bonds. The lowest BCUT2D eigenvalue weighted by atomic mass is 9.92. The number of ether oxygens (including phenoxy) is 1. The zero-order valence-corrected chi connectivity index (χ0v) is 12.5. The van der Waals surface area contributed by atoms with Crippen LogP contribution in [-0.4, -0.2) is 34.9 Å². The third-order valence-electron chi connectivity index (χ3n) is 4.68. The van der Waals surface area contributed by atoms with E-state index in [0.717, 1.165) is 32.2 Å². The van der Waals surface area contributed by atoms with E-state index in [1.165, 1.54) is 0 Å². The van der Waals surface area contributed by atoms with Gasteiger partial charge in [-0.15, -0.1) is 0 Å². The van der Waals surface area contributed by atoms with E-state index in [2.05, 4.69) is 33.0 Å². The van der Waals surface area contributed by atoms with E-state index in [1.54, 1.807) is 0 Å². The maximum atomic E-state index is 11.2. The second kappa shape index (κ2) is 5.06. The van der Waals surface area contributed by atoms with E-state index < -0.39 is 5.97 Å². The minimum atomic E-state index is -0.633. The number of rotatable bonds is 4. The summed E-state index contributed by atoms with van der Waals surface area (Å²) in [6.07, 6.45) is 3.88. The molecule has 1 aliphatic heterocycles. The van der Waals surface area contributed by atoms with Crippen molar-refractivity contribution in [3.8, 4) is 0 Å². The molecule has 2 fully saturated rings. The van der Waals surface area contributed by atoms with Gasteiger partial charge in [0.15, 0.2) is 0 Å². The number of nitrogens with one attached hydrogen (secondary N) is 1. The van der Waals surface area contributed by atoms with Gasteiger partial charge in [0.25, 0.3) is 0 Å². The van der Waals surface area contributed by atoms with Gasteiger partial charge in [-0.25, -0.2) is 0 Å². The van der Waals surface area contributed by atoms with Crippen LogP contribution in [0, 0.1) is 11.8 Å². The van der Waals surface area contributed by atoms with Gasteiger partial charge in [0, 0.05) is 6.04 Å². The van der Waals surface area contributed by atoms with E-state index in [4.69, 9.17) is 4.74 Å². The Balaban J connectivity index is 1.90. The number of aliphatic carboxylic acids is 1. The van der Waals surface area contributed by atoms with Gasteiger partial charge >= 0.3 is 5.97 Å². The summed E-state index contributed by atoms with van der Waals surface area (Å²) in [6.45, 7) is 9.26. The quantitative estimate of drug-likeness (QED) is 0.823. The number of carbonyl (C=O) groups is 1. The average Bonchev–Trinajstić information content (AvgIpc) is 2.77. The van der Waals surface area contributed by atoms with Crippen LogP contribution in [0.5, 0.6) is 0 Å². The number of hydrogen-bond donors (Lipinski definition) is 2. The lowest BCUT2D eigenvalue weighted by Gasteiger charge is -2.29. The van der Waals surface area contributed by atoms with E-state index in [9.17, 15) is 9.90 Å². The molecule has 3 atom stereocenters. The standard InChI is InChI=1S/C15H27NO3/c1-14(2)8-12(15(3,4)19-14)16-9-10-6-5-7-11(10)13(17)18/h10-12,16H,5-9H2,1-4H3,(H,17,18). The minimum Gasteiger partial charge on any atom is -0.481 e. The molecule has 1 heterocycles. The highest BCUT2D eigenvalue weighted by atomic mass is 16.5. The van der Waals surface area contributed by atoms with Crippen LogP contribution in [0.2, 0.25) is 0 Å². The normalized spacial score (nSPS) is 36.5. The predicted octanol–water partition coefficient (Wildman–Crippen LogP) is 2.42. The van der Waals surface area contributed by atoms with Gasteiger partial charge in [0.1, 0.15) is 0 Å². The molecule has 2 N–H and O–H groups in total. The van der Waals surface area contributed by atoms with Crippen LogP contribution in [0.25, 0.3) is 0 Å². The second-order valence-electron chi connectivity index (χ2n) is 7.27. The smallest absolute Gasteiger partial charge is 0.306 e. The molecular weight excluding hydrogens is 242 g/mol. The van der Waals surface area contributed by atoms with Gasteiger partial charge in [-0.05, 0) is 59.4 Å². The van der Waals surface area contributed by atoms with E-state index in [-0.39, 0.29) is 23.0 Å². The number of carboxylic acid groups (broad SMARTS) is 1. The number of carboxylic acids is 1. The van der Waals surface area contributed by atoms with Crippen LogP contribution in [0.4, 0.5) is 0 Å². The van der Waals surface area contributed by atoms with Crippen molar-refractivity contribution in [2.75, 3.05) is 6.54 Å². The summed E-state index contributed by atoms with van der Waals surface area (Å²) in [6, 6.07) is 0.303. The number of hydrogen-bond acceptors (Lipinski definition) is 3.